The molecule has 1 aliphatic rings. The van der Waals surface area contributed by atoms with Crippen LogP contribution in [0.25, 0.3) is 0 Å². The van der Waals surface area contributed by atoms with E-state index in [9.17, 15) is 13.5 Å². The molecule has 0 saturated heterocycles. The van der Waals surface area contributed by atoms with Crippen molar-refractivity contribution in [3.05, 3.63) is 18.0 Å². The number of aliphatic hydroxyl groups is 1. The third kappa shape index (κ3) is 3.17. The number of aromatic nitrogens is 1. The molecule has 6 heteroatoms. The molecule has 1 aromatic heterocycles. The number of aliphatic hydroxyl groups excluding tert-OH is 1. The summed E-state index contributed by atoms with van der Waals surface area (Å²) in [5, 5.41) is 9.42. The highest BCUT2D eigenvalue weighted by Crippen LogP contribution is 2.38. The Bertz CT molecular complexity index is 609. The Morgan fingerprint density at radius 3 is 2.43 bits per heavy atom. The maximum absolute atomic E-state index is 12.8. The Balaban J connectivity index is 2.35. The van der Waals surface area contributed by atoms with E-state index in [2.05, 4.69) is 0 Å². The van der Waals surface area contributed by atoms with Crippen molar-refractivity contribution in [2.45, 2.75) is 64.1 Å². The fourth-order valence-electron chi connectivity index (χ4n) is 2.38. The summed E-state index contributed by atoms with van der Waals surface area (Å²) in [5.74, 6) is 0. The average molecular weight is 314 g/mol. The molecule has 1 unspecified atom stereocenters. The molecule has 1 N–H and O–H groups in total. The maximum Gasteiger partial charge on any atom is 0.244 e. The van der Waals surface area contributed by atoms with Crippen molar-refractivity contribution in [1.29, 1.82) is 0 Å². The molecular weight excluding hydrogens is 288 g/mol. The van der Waals surface area contributed by atoms with Crippen LogP contribution in [0.2, 0.25) is 0 Å². The van der Waals surface area contributed by atoms with E-state index in [4.69, 9.17) is 0 Å². The summed E-state index contributed by atoms with van der Waals surface area (Å²) >= 11 is 0. The van der Waals surface area contributed by atoms with Gasteiger partial charge in [0, 0.05) is 31.0 Å². The maximum atomic E-state index is 12.8. The molecule has 1 atom stereocenters. The van der Waals surface area contributed by atoms with Crippen LogP contribution in [0.15, 0.2) is 17.2 Å². The lowest BCUT2D eigenvalue weighted by Gasteiger charge is -2.34. The van der Waals surface area contributed by atoms with Crippen LogP contribution in [0.1, 0.15) is 52.3 Å². The zero-order valence-electron chi connectivity index (χ0n) is 13.5. The first kappa shape index (κ1) is 16.5. The zero-order chi connectivity index (χ0) is 16.0. The summed E-state index contributed by atoms with van der Waals surface area (Å²) in [7, 11) is -1.91. The van der Waals surface area contributed by atoms with Crippen LogP contribution >= 0.6 is 0 Å². The van der Waals surface area contributed by atoms with Gasteiger partial charge in [0.15, 0.2) is 0 Å². The molecule has 5 nitrogen and oxygen atoms in total. The van der Waals surface area contributed by atoms with Crippen molar-refractivity contribution in [3.8, 4) is 0 Å². The molecule has 0 radical (unpaired) electrons. The lowest BCUT2D eigenvalue weighted by Crippen LogP contribution is -2.42. The second-order valence-electron chi connectivity index (χ2n) is 7.03. The first-order valence-corrected chi connectivity index (χ1v) is 8.82. The van der Waals surface area contributed by atoms with Gasteiger partial charge in [0.05, 0.1) is 6.61 Å². The first-order chi connectivity index (χ1) is 9.59. The second-order valence-corrected chi connectivity index (χ2v) is 9.02. The minimum absolute atomic E-state index is 0.121. The summed E-state index contributed by atoms with van der Waals surface area (Å²) in [6.07, 6.45) is 3.77. The Kier molecular flexibility index (Phi) is 4.26. The van der Waals surface area contributed by atoms with Crippen molar-refractivity contribution in [1.82, 2.24) is 8.87 Å². The molecular formula is C15H26N2O3S. The molecule has 0 amide bonds. The molecule has 0 bridgehead atoms. The molecule has 1 saturated carbocycles. The Morgan fingerprint density at radius 2 is 2.00 bits per heavy atom. The zero-order valence-corrected chi connectivity index (χ0v) is 14.3. The largest absolute Gasteiger partial charge is 0.390 e. The highest BCUT2D eigenvalue weighted by Gasteiger charge is 2.34. The monoisotopic (exact) mass is 314 g/mol. The lowest BCUT2D eigenvalue weighted by atomic mass is 9.88. The smallest absolute Gasteiger partial charge is 0.244 e. The third-order valence-corrected chi connectivity index (χ3v) is 6.38. The van der Waals surface area contributed by atoms with Gasteiger partial charge >= 0.3 is 0 Å². The fraction of sp³-hybridized carbons (Fsp3) is 0.733. The van der Waals surface area contributed by atoms with E-state index in [1.165, 1.54) is 4.31 Å². The Labute approximate surface area is 127 Å². The van der Waals surface area contributed by atoms with Gasteiger partial charge in [-0.25, -0.2) is 8.42 Å². The van der Waals surface area contributed by atoms with E-state index in [1.54, 1.807) is 19.3 Å². The quantitative estimate of drug-likeness (QED) is 0.907. The molecule has 1 heterocycles. The topological polar surface area (TPSA) is 62.5 Å². The lowest BCUT2D eigenvalue weighted by molar-refractivity contribution is 0.216. The van der Waals surface area contributed by atoms with E-state index in [-0.39, 0.29) is 23.0 Å². The highest BCUT2D eigenvalue weighted by molar-refractivity contribution is 7.89. The van der Waals surface area contributed by atoms with Gasteiger partial charge in [0.25, 0.3) is 0 Å². The number of rotatable bonds is 5. The predicted molar refractivity (Wildman–Crippen MR) is 82.5 cm³/mol. The third-order valence-electron chi connectivity index (χ3n) is 4.48. The van der Waals surface area contributed by atoms with Crippen molar-refractivity contribution in [3.63, 3.8) is 0 Å². The summed E-state index contributed by atoms with van der Waals surface area (Å²) in [6, 6.07) is 1.82. The van der Waals surface area contributed by atoms with Crippen molar-refractivity contribution >= 4 is 10.0 Å². The van der Waals surface area contributed by atoms with Gasteiger partial charge in [-0.15, -0.1) is 0 Å². The van der Waals surface area contributed by atoms with Crippen molar-refractivity contribution in [2.75, 3.05) is 7.05 Å². The van der Waals surface area contributed by atoms with Crippen LogP contribution in [0.3, 0.4) is 0 Å². The molecule has 2 rings (SSSR count). The van der Waals surface area contributed by atoms with Crippen LogP contribution in [0, 0.1) is 5.41 Å². The molecule has 0 aromatic carbocycles. The normalized spacial score (nSPS) is 18.2. The number of sulfonamides is 1. The molecule has 120 valence electrons. The summed E-state index contributed by atoms with van der Waals surface area (Å²) < 4.78 is 28.9. The van der Waals surface area contributed by atoms with Gasteiger partial charge in [0.2, 0.25) is 10.0 Å². The van der Waals surface area contributed by atoms with Crippen LogP contribution in [-0.4, -0.2) is 35.5 Å². The Hall–Kier alpha value is -0.850. The van der Waals surface area contributed by atoms with Crippen LogP contribution in [0.5, 0.6) is 0 Å². The minimum Gasteiger partial charge on any atom is -0.390 e. The second kappa shape index (κ2) is 5.41. The number of hydrogen-bond donors (Lipinski definition) is 1. The first-order valence-electron chi connectivity index (χ1n) is 7.38. The average Bonchev–Trinajstić information content (AvgIpc) is 3.14. The van der Waals surface area contributed by atoms with E-state index >= 15 is 0 Å². The van der Waals surface area contributed by atoms with Crippen LogP contribution in [0.4, 0.5) is 0 Å². The highest BCUT2D eigenvalue weighted by atomic mass is 32.2. The van der Waals surface area contributed by atoms with E-state index in [1.807, 2.05) is 32.3 Å². The summed E-state index contributed by atoms with van der Waals surface area (Å²) in [6.45, 7) is 7.86. The molecule has 0 spiro atoms. The summed E-state index contributed by atoms with van der Waals surface area (Å²) in [4.78, 5) is 0.275. The predicted octanol–water partition coefficient (Wildman–Crippen LogP) is 2.37. The number of hydrogen-bond acceptors (Lipinski definition) is 3. The van der Waals surface area contributed by atoms with Gasteiger partial charge in [-0.05, 0) is 31.2 Å². The van der Waals surface area contributed by atoms with Crippen LogP contribution < -0.4 is 0 Å². The van der Waals surface area contributed by atoms with Crippen molar-refractivity contribution < 1.29 is 13.5 Å². The molecule has 1 fully saturated rings. The molecule has 0 aliphatic heterocycles. The molecule has 21 heavy (non-hydrogen) atoms. The molecule has 1 aliphatic carbocycles. The van der Waals surface area contributed by atoms with Gasteiger partial charge in [-0.1, -0.05) is 20.8 Å². The van der Waals surface area contributed by atoms with E-state index in [0.29, 0.717) is 11.7 Å². The van der Waals surface area contributed by atoms with Gasteiger partial charge in [-0.3, -0.25) is 0 Å². The number of nitrogens with zero attached hydrogens (tertiary/aromatic N) is 2. The van der Waals surface area contributed by atoms with Crippen molar-refractivity contribution in [2.24, 2.45) is 5.41 Å². The minimum atomic E-state index is -3.54. The standard InChI is InChI=1S/C15H26N2O3S/c1-11(15(2,3)4)16(5)21(19,20)14-8-13(10-18)17(9-14)12-6-7-12/h8-9,11-12,18H,6-7,10H2,1-5H3. The SMILES string of the molecule is CC(N(C)S(=O)(=O)c1cc(CO)n(C2CC2)c1)C(C)(C)C. The van der Waals surface area contributed by atoms with Gasteiger partial charge < -0.3 is 9.67 Å². The Morgan fingerprint density at radius 1 is 1.43 bits per heavy atom. The fourth-order valence-corrected chi connectivity index (χ4v) is 3.97. The van der Waals surface area contributed by atoms with Gasteiger partial charge in [-0.2, -0.15) is 4.31 Å². The van der Waals surface area contributed by atoms with Gasteiger partial charge in [0.1, 0.15) is 4.90 Å². The van der Waals surface area contributed by atoms with E-state index < -0.39 is 10.0 Å². The van der Waals surface area contributed by atoms with Crippen LogP contribution in [-0.2, 0) is 16.6 Å². The molecule has 1 aromatic rings. The van der Waals surface area contributed by atoms with E-state index in [0.717, 1.165) is 12.8 Å². The summed E-state index contributed by atoms with van der Waals surface area (Å²) in [5.41, 5.74) is 0.536.